The third kappa shape index (κ3) is 3.72. The fraction of sp³-hybridized carbons (Fsp3) is 0.179. The van der Waals surface area contributed by atoms with Gasteiger partial charge in [-0.05, 0) is 29.3 Å². The molecule has 9 heteroatoms. The number of anilines is 1. The van der Waals surface area contributed by atoms with E-state index in [1.54, 1.807) is 35.2 Å². The highest BCUT2D eigenvalue weighted by Gasteiger charge is 2.67. The van der Waals surface area contributed by atoms with E-state index in [0.717, 1.165) is 10.0 Å². The number of non-ortho nitro benzene ring substituents is 1. The smallest absolute Gasteiger partial charge is 0.329 e. The molecule has 1 fully saturated rings. The number of esters is 1. The summed E-state index contributed by atoms with van der Waals surface area (Å²) in [5, 5.41) is 22.1. The zero-order valence-corrected chi connectivity index (χ0v) is 21.2. The molecule has 37 heavy (non-hydrogen) atoms. The number of nitro benzene ring substituents is 1. The molecule has 0 aliphatic carbocycles. The lowest BCUT2D eigenvalue weighted by Crippen LogP contribution is -2.46. The maximum Gasteiger partial charge on any atom is 0.329 e. The van der Waals surface area contributed by atoms with Crippen molar-refractivity contribution >= 4 is 45.1 Å². The molecule has 4 atom stereocenters. The van der Waals surface area contributed by atoms with Crippen LogP contribution in [0.5, 0.6) is 0 Å². The van der Waals surface area contributed by atoms with Gasteiger partial charge in [-0.25, -0.2) is 0 Å². The largest absolute Gasteiger partial charge is 0.468 e. The molecule has 0 saturated carbocycles. The van der Waals surface area contributed by atoms with Crippen LogP contribution in [0.3, 0.4) is 0 Å². The van der Waals surface area contributed by atoms with Gasteiger partial charge in [-0.1, -0.05) is 70.5 Å². The number of methoxy groups -OCH3 is 1. The first-order chi connectivity index (χ1) is 17.8. The third-order valence-corrected chi connectivity index (χ3v) is 7.62. The van der Waals surface area contributed by atoms with Gasteiger partial charge in [-0.15, -0.1) is 0 Å². The maximum absolute atomic E-state index is 14.3. The molecular formula is C28H20BrN3O5. The fourth-order valence-corrected chi connectivity index (χ4v) is 5.79. The number of para-hydroxylation sites is 1. The van der Waals surface area contributed by atoms with E-state index < -0.39 is 40.1 Å². The summed E-state index contributed by atoms with van der Waals surface area (Å²) >= 11 is 3.42. The van der Waals surface area contributed by atoms with Gasteiger partial charge in [-0.2, -0.15) is 5.26 Å². The number of rotatable bonds is 5. The predicted octanol–water partition coefficient (Wildman–Crippen LogP) is 5.29. The molecule has 8 nitrogen and oxygen atoms in total. The summed E-state index contributed by atoms with van der Waals surface area (Å²) in [6, 6.07) is 20.4. The molecule has 3 aromatic rings. The SMILES string of the molecule is COC(=O)[C@@]1(C#N)[C@@H](c2ccc(Br)cc2)[C@@H](C(=O)c2cccc([N+](=O)[O-])c2)N2c3ccccc3C=C[C@@H]21. The average Bonchev–Trinajstić information content (AvgIpc) is 3.24. The summed E-state index contributed by atoms with van der Waals surface area (Å²) < 4.78 is 5.98. The van der Waals surface area contributed by atoms with Crippen LogP contribution in [0, 0.1) is 26.9 Å². The Kier molecular flexibility index (Phi) is 6.13. The minimum atomic E-state index is -1.77. The first-order valence-corrected chi connectivity index (χ1v) is 12.2. The molecule has 0 N–H and O–H groups in total. The van der Waals surface area contributed by atoms with E-state index in [2.05, 4.69) is 22.0 Å². The van der Waals surface area contributed by atoms with E-state index in [1.165, 1.54) is 31.4 Å². The molecule has 0 aromatic heterocycles. The molecule has 0 radical (unpaired) electrons. The lowest BCUT2D eigenvalue weighted by Gasteiger charge is -2.36. The molecule has 2 aliphatic rings. The number of benzene rings is 3. The third-order valence-electron chi connectivity index (χ3n) is 7.09. The van der Waals surface area contributed by atoms with Gasteiger partial charge in [0.25, 0.3) is 5.69 Å². The Labute approximate surface area is 221 Å². The Bertz CT molecular complexity index is 1500. The number of ketones is 1. The van der Waals surface area contributed by atoms with Crippen molar-refractivity contribution in [1.82, 2.24) is 0 Å². The highest BCUT2D eigenvalue weighted by molar-refractivity contribution is 9.10. The first-order valence-electron chi connectivity index (χ1n) is 11.4. The second-order valence-corrected chi connectivity index (χ2v) is 9.80. The van der Waals surface area contributed by atoms with Crippen molar-refractivity contribution in [2.75, 3.05) is 12.0 Å². The summed E-state index contributed by atoms with van der Waals surface area (Å²) in [5.41, 5.74) is 0.225. The van der Waals surface area contributed by atoms with Crippen molar-refractivity contribution in [2.45, 2.75) is 18.0 Å². The van der Waals surface area contributed by atoms with Crippen LogP contribution in [-0.2, 0) is 9.53 Å². The molecule has 5 rings (SSSR count). The van der Waals surface area contributed by atoms with Gasteiger partial charge in [0, 0.05) is 33.8 Å². The number of nitriles is 1. The normalized spacial score (nSPS) is 23.5. The minimum Gasteiger partial charge on any atom is -0.468 e. The van der Waals surface area contributed by atoms with E-state index in [-0.39, 0.29) is 11.3 Å². The highest BCUT2D eigenvalue weighted by atomic mass is 79.9. The minimum absolute atomic E-state index is 0.116. The van der Waals surface area contributed by atoms with Crippen LogP contribution in [0.15, 0.2) is 83.3 Å². The molecule has 0 amide bonds. The standard InChI is InChI=1S/C28H20BrN3O5/c1-37-27(34)28(16-30)23-14-11-17-5-2-3-8-22(17)31(23)25(24(28)18-9-12-20(29)13-10-18)26(33)19-6-4-7-21(15-19)32(35)36/h2-15,23-25H,1H3/t23-,24+,25+,28-/m1/s1. The van der Waals surface area contributed by atoms with Crippen molar-refractivity contribution in [2.24, 2.45) is 5.41 Å². The Morgan fingerprint density at radius 2 is 1.84 bits per heavy atom. The maximum atomic E-state index is 14.3. The molecule has 1 saturated heterocycles. The van der Waals surface area contributed by atoms with Crippen LogP contribution in [0.1, 0.15) is 27.4 Å². The summed E-state index contributed by atoms with van der Waals surface area (Å²) in [5.74, 6) is -2.13. The number of carbonyl (C=O) groups is 2. The van der Waals surface area contributed by atoms with E-state index in [0.29, 0.717) is 11.3 Å². The Balaban J connectivity index is 1.81. The molecule has 2 aliphatic heterocycles. The quantitative estimate of drug-likeness (QED) is 0.181. The van der Waals surface area contributed by atoms with Crippen molar-refractivity contribution < 1.29 is 19.2 Å². The molecule has 3 aromatic carbocycles. The van der Waals surface area contributed by atoms with E-state index in [4.69, 9.17) is 4.74 Å². The lowest BCUT2D eigenvalue weighted by molar-refractivity contribution is -0.384. The number of ether oxygens (including phenoxy) is 1. The van der Waals surface area contributed by atoms with Crippen LogP contribution in [-0.4, -0.2) is 35.9 Å². The predicted molar refractivity (Wildman–Crippen MR) is 140 cm³/mol. The van der Waals surface area contributed by atoms with Gasteiger partial charge in [0.2, 0.25) is 0 Å². The summed E-state index contributed by atoms with van der Waals surface area (Å²) in [4.78, 5) is 40.5. The first kappa shape index (κ1) is 24.4. The van der Waals surface area contributed by atoms with Crippen LogP contribution < -0.4 is 4.90 Å². The zero-order chi connectivity index (χ0) is 26.3. The monoisotopic (exact) mass is 557 g/mol. The van der Waals surface area contributed by atoms with Crippen LogP contribution in [0.2, 0.25) is 0 Å². The number of nitro groups is 1. The number of hydrogen-bond donors (Lipinski definition) is 0. The van der Waals surface area contributed by atoms with Crippen molar-refractivity contribution in [3.05, 3.63) is 110 Å². The van der Waals surface area contributed by atoms with Gasteiger partial charge < -0.3 is 9.64 Å². The van der Waals surface area contributed by atoms with E-state index in [1.807, 2.05) is 30.3 Å². The highest BCUT2D eigenvalue weighted by Crippen LogP contribution is 2.56. The number of nitrogens with zero attached hydrogens (tertiary/aromatic N) is 3. The second-order valence-electron chi connectivity index (χ2n) is 8.89. The number of Topliss-reactive ketones (excluding diaryl/α,β-unsaturated/α-hetero) is 1. The number of fused-ring (bicyclic) bond motifs is 3. The Morgan fingerprint density at radius 1 is 1.11 bits per heavy atom. The number of carbonyl (C=O) groups excluding carboxylic acids is 2. The van der Waals surface area contributed by atoms with Gasteiger partial charge >= 0.3 is 5.97 Å². The fourth-order valence-electron chi connectivity index (χ4n) is 5.52. The lowest BCUT2D eigenvalue weighted by atomic mass is 9.68. The van der Waals surface area contributed by atoms with Crippen molar-refractivity contribution in [3.8, 4) is 6.07 Å². The van der Waals surface area contributed by atoms with Gasteiger partial charge in [0.15, 0.2) is 11.2 Å². The molecule has 0 unspecified atom stereocenters. The van der Waals surface area contributed by atoms with Crippen LogP contribution in [0.25, 0.3) is 6.08 Å². The van der Waals surface area contributed by atoms with E-state index in [9.17, 15) is 25.0 Å². The molecule has 0 bridgehead atoms. The Morgan fingerprint density at radius 3 is 2.51 bits per heavy atom. The van der Waals surface area contributed by atoms with Gasteiger partial charge in [-0.3, -0.25) is 19.7 Å². The number of halogens is 1. The number of hydrogen-bond acceptors (Lipinski definition) is 7. The molecular weight excluding hydrogens is 538 g/mol. The summed E-state index contributed by atoms with van der Waals surface area (Å²) in [6.07, 6.45) is 3.60. The zero-order valence-electron chi connectivity index (χ0n) is 19.6. The van der Waals surface area contributed by atoms with Crippen LogP contribution >= 0.6 is 15.9 Å². The topological polar surface area (TPSA) is 114 Å². The molecule has 2 heterocycles. The summed E-state index contributed by atoms with van der Waals surface area (Å²) in [7, 11) is 1.22. The molecule has 0 spiro atoms. The average molecular weight is 558 g/mol. The van der Waals surface area contributed by atoms with Crippen molar-refractivity contribution in [3.63, 3.8) is 0 Å². The summed E-state index contributed by atoms with van der Waals surface area (Å²) in [6.45, 7) is 0. The van der Waals surface area contributed by atoms with Crippen molar-refractivity contribution in [1.29, 1.82) is 5.26 Å². The van der Waals surface area contributed by atoms with Gasteiger partial charge in [0.05, 0.1) is 24.1 Å². The van der Waals surface area contributed by atoms with Crippen LogP contribution in [0.4, 0.5) is 11.4 Å². The Hall–Kier alpha value is -4.29. The van der Waals surface area contributed by atoms with Gasteiger partial charge in [0.1, 0.15) is 6.04 Å². The molecule has 184 valence electrons. The second kappa shape index (κ2) is 9.30. The van der Waals surface area contributed by atoms with E-state index >= 15 is 0 Å².